The molecule has 132 valence electrons. The van der Waals surface area contributed by atoms with Gasteiger partial charge in [-0.05, 0) is 44.4 Å². The van der Waals surface area contributed by atoms with E-state index in [1.807, 2.05) is 45.9 Å². The van der Waals surface area contributed by atoms with E-state index in [-0.39, 0.29) is 24.0 Å². The maximum Gasteiger partial charge on any atom is 0.309 e. The Morgan fingerprint density at radius 3 is 2.67 bits per heavy atom. The fourth-order valence-electron chi connectivity index (χ4n) is 4.02. The fraction of sp³-hybridized carbons (Fsp3) is 0.632. The third-order valence-electron chi connectivity index (χ3n) is 5.34. The van der Waals surface area contributed by atoms with Gasteiger partial charge in [0.1, 0.15) is 17.1 Å². The molecule has 5 nitrogen and oxygen atoms in total. The number of benzene rings is 1. The highest BCUT2D eigenvalue weighted by molar-refractivity contribution is 5.71. The molecule has 1 aromatic carbocycles. The van der Waals surface area contributed by atoms with Crippen LogP contribution in [0, 0.1) is 17.8 Å². The molecule has 1 fully saturated rings. The standard InChI is InChI=1S/C19H26O5/c1-10(2)16-13(18(20)21)9-14-17(23-16)12-8-11(22-5)6-7-15(12)24-19(14,3)4/h6-8,10,13-14,16-17H,9H2,1-5H3,(H,20,21)/t13-,14-,16-,17+/m1/s1. The van der Waals surface area contributed by atoms with Crippen LogP contribution in [0.5, 0.6) is 11.5 Å². The number of carboxylic acid groups (broad SMARTS) is 1. The fourth-order valence-corrected chi connectivity index (χ4v) is 4.02. The van der Waals surface area contributed by atoms with Crippen LogP contribution in [0.4, 0.5) is 0 Å². The number of fused-ring (bicyclic) bond motifs is 3. The van der Waals surface area contributed by atoms with Crippen molar-refractivity contribution in [2.45, 2.75) is 51.9 Å². The second kappa shape index (κ2) is 5.96. The van der Waals surface area contributed by atoms with E-state index in [2.05, 4.69) is 0 Å². The molecule has 0 radical (unpaired) electrons. The molecule has 5 heteroatoms. The van der Waals surface area contributed by atoms with Gasteiger partial charge in [-0.1, -0.05) is 13.8 Å². The molecule has 1 N–H and O–H groups in total. The van der Waals surface area contributed by atoms with E-state index in [9.17, 15) is 9.90 Å². The lowest BCUT2D eigenvalue weighted by Crippen LogP contribution is -2.53. The smallest absolute Gasteiger partial charge is 0.309 e. The van der Waals surface area contributed by atoms with Crippen molar-refractivity contribution in [1.82, 2.24) is 0 Å². The highest BCUT2D eigenvalue weighted by Gasteiger charge is 2.52. The number of hydrogen-bond donors (Lipinski definition) is 1. The summed E-state index contributed by atoms with van der Waals surface area (Å²) in [4.78, 5) is 11.8. The number of hydrogen-bond acceptors (Lipinski definition) is 4. The Hall–Kier alpha value is -1.75. The Morgan fingerprint density at radius 2 is 2.08 bits per heavy atom. The average molecular weight is 334 g/mol. The molecule has 0 spiro atoms. The van der Waals surface area contributed by atoms with E-state index < -0.39 is 17.5 Å². The predicted octanol–water partition coefficient (Wildman–Crippen LogP) is 3.67. The molecule has 0 aliphatic carbocycles. The van der Waals surface area contributed by atoms with Crippen molar-refractivity contribution in [3.63, 3.8) is 0 Å². The highest BCUT2D eigenvalue weighted by atomic mass is 16.5. The summed E-state index contributed by atoms with van der Waals surface area (Å²) in [7, 11) is 1.63. The van der Waals surface area contributed by atoms with Gasteiger partial charge < -0.3 is 19.3 Å². The van der Waals surface area contributed by atoms with Gasteiger partial charge in [0.15, 0.2) is 0 Å². The zero-order valence-corrected chi connectivity index (χ0v) is 14.9. The van der Waals surface area contributed by atoms with E-state index in [1.165, 1.54) is 0 Å². The minimum atomic E-state index is -0.792. The normalized spacial score (nSPS) is 30.9. The second-order valence-corrected chi connectivity index (χ2v) is 7.66. The maximum atomic E-state index is 11.8. The van der Waals surface area contributed by atoms with Crippen molar-refractivity contribution in [2.24, 2.45) is 17.8 Å². The lowest BCUT2D eigenvalue weighted by atomic mass is 9.70. The van der Waals surface area contributed by atoms with Crippen LogP contribution in [0.25, 0.3) is 0 Å². The summed E-state index contributed by atoms with van der Waals surface area (Å²) < 4.78 is 17.9. The molecular weight excluding hydrogens is 308 g/mol. The third kappa shape index (κ3) is 2.75. The van der Waals surface area contributed by atoms with Crippen LogP contribution in [0.3, 0.4) is 0 Å². The van der Waals surface area contributed by atoms with Crippen molar-refractivity contribution >= 4 is 5.97 Å². The molecule has 2 aliphatic rings. The van der Waals surface area contributed by atoms with Gasteiger partial charge in [0.2, 0.25) is 0 Å². The lowest BCUT2D eigenvalue weighted by Gasteiger charge is -2.51. The van der Waals surface area contributed by atoms with E-state index in [0.717, 1.165) is 17.1 Å². The summed E-state index contributed by atoms with van der Waals surface area (Å²) >= 11 is 0. The minimum absolute atomic E-state index is 0.0202. The molecule has 4 atom stereocenters. The summed E-state index contributed by atoms with van der Waals surface area (Å²) in [5.41, 5.74) is 0.468. The van der Waals surface area contributed by atoms with E-state index >= 15 is 0 Å². The zero-order chi connectivity index (χ0) is 17.6. The van der Waals surface area contributed by atoms with Crippen molar-refractivity contribution in [3.8, 4) is 11.5 Å². The molecular formula is C19H26O5. The summed E-state index contributed by atoms with van der Waals surface area (Å²) in [5.74, 6) is 0.347. The number of rotatable bonds is 3. The van der Waals surface area contributed by atoms with E-state index in [1.54, 1.807) is 7.11 Å². The summed E-state index contributed by atoms with van der Waals surface area (Å²) in [5, 5.41) is 9.65. The largest absolute Gasteiger partial charge is 0.497 e. The van der Waals surface area contributed by atoms with Crippen LogP contribution in [-0.4, -0.2) is 29.9 Å². The highest BCUT2D eigenvalue weighted by Crippen LogP contribution is 2.53. The number of aliphatic carboxylic acids is 1. The first kappa shape index (κ1) is 17.1. The Kier molecular flexibility index (Phi) is 4.24. The third-order valence-corrected chi connectivity index (χ3v) is 5.34. The molecule has 2 aliphatic heterocycles. The van der Waals surface area contributed by atoms with Crippen LogP contribution in [0.15, 0.2) is 18.2 Å². The van der Waals surface area contributed by atoms with E-state index in [4.69, 9.17) is 14.2 Å². The first-order valence-corrected chi connectivity index (χ1v) is 8.50. The topological polar surface area (TPSA) is 65.0 Å². The van der Waals surface area contributed by atoms with Crippen LogP contribution in [0.1, 0.15) is 45.8 Å². The number of carboxylic acids is 1. The molecule has 0 unspecified atom stereocenters. The molecule has 0 saturated carbocycles. The number of methoxy groups -OCH3 is 1. The number of carbonyl (C=O) groups is 1. The van der Waals surface area contributed by atoms with Gasteiger partial charge in [-0.2, -0.15) is 0 Å². The SMILES string of the molecule is COc1ccc2c(c1)[C@@H]1O[C@H](C(C)C)[C@H](C(=O)O)C[C@H]1C(C)(C)O2. The van der Waals surface area contributed by atoms with Crippen LogP contribution < -0.4 is 9.47 Å². The van der Waals surface area contributed by atoms with Gasteiger partial charge in [-0.3, -0.25) is 4.79 Å². The van der Waals surface area contributed by atoms with Gasteiger partial charge in [-0.15, -0.1) is 0 Å². The molecule has 1 aromatic rings. The quantitative estimate of drug-likeness (QED) is 0.913. The Labute approximate surface area is 142 Å². The summed E-state index contributed by atoms with van der Waals surface area (Å²) in [6.07, 6.45) is 0.0607. The van der Waals surface area contributed by atoms with Crippen LogP contribution in [-0.2, 0) is 9.53 Å². The van der Waals surface area contributed by atoms with Crippen LogP contribution >= 0.6 is 0 Å². The lowest BCUT2D eigenvalue weighted by molar-refractivity contribution is -0.195. The number of ether oxygens (including phenoxy) is 3. The monoisotopic (exact) mass is 334 g/mol. The summed E-state index contributed by atoms with van der Waals surface area (Å²) in [6.45, 7) is 8.04. The molecule has 24 heavy (non-hydrogen) atoms. The van der Waals surface area contributed by atoms with Crippen molar-refractivity contribution in [1.29, 1.82) is 0 Å². The Bertz CT molecular complexity index is 637. The zero-order valence-electron chi connectivity index (χ0n) is 14.9. The molecule has 1 saturated heterocycles. The first-order chi connectivity index (χ1) is 11.2. The molecule has 0 amide bonds. The molecule has 0 aromatic heterocycles. The van der Waals surface area contributed by atoms with Gasteiger partial charge in [0.25, 0.3) is 0 Å². The van der Waals surface area contributed by atoms with Gasteiger partial charge in [0.05, 0.1) is 25.2 Å². The average Bonchev–Trinajstić information content (AvgIpc) is 2.53. The first-order valence-electron chi connectivity index (χ1n) is 8.50. The Morgan fingerprint density at radius 1 is 1.38 bits per heavy atom. The van der Waals surface area contributed by atoms with Crippen molar-refractivity contribution in [2.75, 3.05) is 7.11 Å². The minimum Gasteiger partial charge on any atom is -0.497 e. The van der Waals surface area contributed by atoms with Gasteiger partial charge in [-0.25, -0.2) is 0 Å². The second-order valence-electron chi connectivity index (χ2n) is 7.66. The van der Waals surface area contributed by atoms with Crippen LogP contribution in [0.2, 0.25) is 0 Å². The van der Waals surface area contributed by atoms with Gasteiger partial charge in [0, 0.05) is 11.5 Å². The molecule has 0 bridgehead atoms. The molecule has 2 heterocycles. The maximum absolute atomic E-state index is 11.8. The summed E-state index contributed by atoms with van der Waals surface area (Å²) in [6, 6.07) is 5.72. The van der Waals surface area contributed by atoms with Crippen molar-refractivity contribution in [3.05, 3.63) is 23.8 Å². The van der Waals surface area contributed by atoms with Crippen molar-refractivity contribution < 1.29 is 24.1 Å². The Balaban J connectivity index is 2.05. The molecule has 3 rings (SSSR count). The predicted molar refractivity (Wildman–Crippen MR) is 89.4 cm³/mol. The van der Waals surface area contributed by atoms with E-state index in [0.29, 0.717) is 6.42 Å². The van der Waals surface area contributed by atoms with Gasteiger partial charge >= 0.3 is 5.97 Å².